The lowest BCUT2D eigenvalue weighted by molar-refractivity contribution is -0.0828. The van der Waals surface area contributed by atoms with Crippen LogP contribution in [0.1, 0.15) is 37.7 Å². The van der Waals surface area contributed by atoms with Crippen LogP contribution in [0.5, 0.6) is 0 Å². The Bertz CT molecular complexity index is 592. The van der Waals surface area contributed by atoms with Crippen LogP contribution in [0.25, 0.3) is 0 Å². The zero-order valence-electron chi connectivity index (χ0n) is 12.7. The molecule has 2 bridgehead atoms. The minimum atomic E-state index is -2.17. The SMILES string of the molecule is CN1C2CCCC1CC(O)(Cc1c(F)c(F)c(F)c(F)c1F)C2. The summed E-state index contributed by atoms with van der Waals surface area (Å²) in [4.78, 5) is 2.14. The van der Waals surface area contributed by atoms with E-state index in [1.54, 1.807) is 0 Å². The van der Waals surface area contributed by atoms with Gasteiger partial charge in [0.1, 0.15) is 0 Å². The smallest absolute Gasteiger partial charge is 0.200 e. The molecule has 2 fully saturated rings. The second-order valence-electron chi connectivity index (χ2n) is 6.76. The van der Waals surface area contributed by atoms with Crippen molar-refractivity contribution in [3.05, 3.63) is 34.6 Å². The summed E-state index contributed by atoms with van der Waals surface area (Å²) in [6, 6.07) is 0.127. The maximum atomic E-state index is 13.9. The highest BCUT2D eigenvalue weighted by Gasteiger charge is 2.45. The molecule has 0 saturated carbocycles. The molecule has 2 nitrogen and oxygen atoms in total. The van der Waals surface area contributed by atoms with E-state index in [2.05, 4.69) is 4.90 Å². The number of piperidine rings is 2. The Hall–Kier alpha value is -1.21. The third kappa shape index (κ3) is 2.74. The maximum Gasteiger partial charge on any atom is 0.200 e. The van der Waals surface area contributed by atoms with E-state index in [0.717, 1.165) is 19.3 Å². The summed E-state index contributed by atoms with van der Waals surface area (Å²) >= 11 is 0. The van der Waals surface area contributed by atoms with Gasteiger partial charge in [-0.1, -0.05) is 6.42 Å². The van der Waals surface area contributed by atoms with Gasteiger partial charge in [0.2, 0.25) is 5.82 Å². The molecule has 0 aromatic heterocycles. The lowest BCUT2D eigenvalue weighted by atomic mass is 9.73. The van der Waals surface area contributed by atoms with E-state index in [9.17, 15) is 27.1 Å². The second kappa shape index (κ2) is 5.70. The van der Waals surface area contributed by atoms with E-state index in [-0.39, 0.29) is 24.9 Å². The van der Waals surface area contributed by atoms with Gasteiger partial charge in [-0.2, -0.15) is 0 Å². The van der Waals surface area contributed by atoms with Crippen molar-refractivity contribution in [2.45, 2.75) is 56.2 Å². The standard InChI is InChI=1S/C16H18F5NO/c1-22-8-3-2-4-9(22)6-16(23,5-8)7-10-11(17)13(19)15(21)14(20)12(10)18/h8-9,23H,2-7H2,1H3. The van der Waals surface area contributed by atoms with Gasteiger partial charge in [-0.05, 0) is 32.7 Å². The minimum Gasteiger partial charge on any atom is -0.389 e. The van der Waals surface area contributed by atoms with Gasteiger partial charge in [0.15, 0.2) is 23.3 Å². The first-order chi connectivity index (χ1) is 10.7. The predicted octanol–water partition coefficient (Wildman–Crippen LogP) is 3.30. The average Bonchev–Trinajstić information content (AvgIpc) is 2.50. The first-order valence-electron chi connectivity index (χ1n) is 7.68. The molecule has 2 atom stereocenters. The number of halogens is 5. The number of nitrogens with zero attached hydrogens (tertiary/aromatic N) is 1. The summed E-state index contributed by atoms with van der Waals surface area (Å²) < 4.78 is 67.5. The molecule has 7 heteroatoms. The van der Waals surface area contributed by atoms with E-state index >= 15 is 0 Å². The first-order valence-corrected chi connectivity index (χ1v) is 7.68. The molecule has 1 aromatic carbocycles. The molecule has 0 radical (unpaired) electrons. The molecule has 1 aromatic rings. The number of fused-ring (bicyclic) bond motifs is 2. The topological polar surface area (TPSA) is 23.5 Å². The Labute approximate surface area is 130 Å². The highest BCUT2D eigenvalue weighted by molar-refractivity contribution is 5.26. The third-order valence-electron chi connectivity index (χ3n) is 5.26. The molecule has 0 amide bonds. The van der Waals surface area contributed by atoms with Crippen molar-refractivity contribution in [1.82, 2.24) is 4.90 Å². The van der Waals surface area contributed by atoms with Crippen LogP contribution >= 0.6 is 0 Å². The molecule has 2 aliphatic heterocycles. The van der Waals surface area contributed by atoms with Crippen LogP contribution in [0, 0.1) is 29.1 Å². The van der Waals surface area contributed by atoms with E-state index in [4.69, 9.17) is 0 Å². The van der Waals surface area contributed by atoms with Gasteiger partial charge in [0.05, 0.1) is 5.60 Å². The van der Waals surface area contributed by atoms with Crippen LogP contribution in [-0.4, -0.2) is 34.7 Å². The second-order valence-corrected chi connectivity index (χ2v) is 6.76. The van der Waals surface area contributed by atoms with Crippen LogP contribution in [0.2, 0.25) is 0 Å². The number of hydrogen-bond acceptors (Lipinski definition) is 2. The van der Waals surface area contributed by atoms with Crippen molar-refractivity contribution >= 4 is 0 Å². The number of hydrogen-bond donors (Lipinski definition) is 1. The fraction of sp³-hybridized carbons (Fsp3) is 0.625. The predicted molar refractivity (Wildman–Crippen MR) is 73.3 cm³/mol. The van der Waals surface area contributed by atoms with E-state index < -0.39 is 46.7 Å². The van der Waals surface area contributed by atoms with Crippen LogP contribution in [0.3, 0.4) is 0 Å². The lowest BCUT2D eigenvalue weighted by Gasteiger charge is -2.50. The van der Waals surface area contributed by atoms with Crippen LogP contribution < -0.4 is 0 Å². The molecule has 2 unspecified atom stereocenters. The molecule has 2 heterocycles. The van der Waals surface area contributed by atoms with Crippen LogP contribution in [0.4, 0.5) is 22.0 Å². The van der Waals surface area contributed by atoms with Crippen molar-refractivity contribution in [1.29, 1.82) is 0 Å². The van der Waals surface area contributed by atoms with Gasteiger partial charge in [-0.25, -0.2) is 22.0 Å². The molecular weight excluding hydrogens is 317 g/mol. The lowest BCUT2D eigenvalue weighted by Crippen LogP contribution is -2.57. The molecule has 1 N–H and O–H groups in total. The van der Waals surface area contributed by atoms with Crippen molar-refractivity contribution in [2.24, 2.45) is 0 Å². The van der Waals surface area contributed by atoms with Gasteiger partial charge in [0.25, 0.3) is 0 Å². The van der Waals surface area contributed by atoms with Crippen molar-refractivity contribution < 1.29 is 27.1 Å². The minimum absolute atomic E-state index is 0.0637. The highest BCUT2D eigenvalue weighted by atomic mass is 19.2. The summed E-state index contributed by atoms with van der Waals surface area (Å²) in [6.07, 6.45) is 2.68. The molecule has 0 aliphatic carbocycles. The van der Waals surface area contributed by atoms with E-state index in [0.29, 0.717) is 0 Å². The summed E-state index contributed by atoms with van der Waals surface area (Å²) in [5.74, 6) is -9.79. The van der Waals surface area contributed by atoms with Gasteiger partial charge in [-0.3, -0.25) is 0 Å². The van der Waals surface area contributed by atoms with Crippen LogP contribution in [-0.2, 0) is 6.42 Å². The zero-order chi connectivity index (χ0) is 16.9. The Kier molecular flexibility index (Phi) is 4.13. The van der Waals surface area contributed by atoms with Gasteiger partial charge < -0.3 is 10.0 Å². The molecule has 23 heavy (non-hydrogen) atoms. The highest BCUT2D eigenvalue weighted by Crippen LogP contribution is 2.40. The molecule has 128 valence electrons. The number of rotatable bonds is 2. The molecule has 3 rings (SSSR count). The Morgan fingerprint density at radius 3 is 1.83 bits per heavy atom. The summed E-state index contributed by atoms with van der Waals surface area (Å²) in [7, 11) is 1.94. The fourth-order valence-corrected chi connectivity index (χ4v) is 4.03. The van der Waals surface area contributed by atoms with E-state index in [1.807, 2.05) is 7.05 Å². The van der Waals surface area contributed by atoms with Gasteiger partial charge in [0, 0.05) is 24.1 Å². The maximum absolute atomic E-state index is 13.9. The Balaban J connectivity index is 1.93. The molecule has 2 aliphatic rings. The molecule has 2 saturated heterocycles. The quantitative estimate of drug-likeness (QED) is 0.509. The van der Waals surface area contributed by atoms with E-state index in [1.165, 1.54) is 0 Å². The third-order valence-corrected chi connectivity index (χ3v) is 5.26. The average molecular weight is 335 g/mol. The number of aliphatic hydroxyl groups is 1. The summed E-state index contributed by atoms with van der Waals surface area (Å²) in [5.41, 5.74) is -2.38. The Morgan fingerprint density at radius 2 is 1.35 bits per heavy atom. The normalized spacial score (nSPS) is 31.4. The summed E-state index contributed by atoms with van der Waals surface area (Å²) in [5, 5.41) is 10.7. The van der Waals surface area contributed by atoms with Gasteiger partial charge in [-0.15, -0.1) is 0 Å². The zero-order valence-corrected chi connectivity index (χ0v) is 12.7. The van der Waals surface area contributed by atoms with Crippen molar-refractivity contribution in [2.75, 3.05) is 7.05 Å². The Morgan fingerprint density at radius 1 is 0.913 bits per heavy atom. The molecular formula is C16H18F5NO. The monoisotopic (exact) mass is 335 g/mol. The molecule has 0 spiro atoms. The van der Waals surface area contributed by atoms with Crippen molar-refractivity contribution in [3.63, 3.8) is 0 Å². The first kappa shape index (κ1) is 16.6. The van der Waals surface area contributed by atoms with Gasteiger partial charge >= 0.3 is 0 Å². The van der Waals surface area contributed by atoms with Crippen molar-refractivity contribution in [3.8, 4) is 0 Å². The number of benzene rings is 1. The van der Waals surface area contributed by atoms with Crippen LogP contribution in [0.15, 0.2) is 0 Å². The summed E-state index contributed by atoms with van der Waals surface area (Å²) in [6.45, 7) is 0. The largest absolute Gasteiger partial charge is 0.389 e. The fourth-order valence-electron chi connectivity index (χ4n) is 4.03.